The predicted molar refractivity (Wildman–Crippen MR) is 124 cm³/mol. The van der Waals surface area contributed by atoms with E-state index in [4.69, 9.17) is 8.85 Å². The number of hydrogen-bond acceptors (Lipinski definition) is 2. The van der Waals surface area contributed by atoms with E-state index in [9.17, 15) is 0 Å². The summed E-state index contributed by atoms with van der Waals surface area (Å²) < 4.78 is 12.9. The Kier molecular flexibility index (Phi) is 10.4. The van der Waals surface area contributed by atoms with Gasteiger partial charge in [0.05, 0.1) is 0 Å². The van der Waals surface area contributed by atoms with Crippen molar-refractivity contribution >= 4 is 19.5 Å². The van der Waals surface area contributed by atoms with Crippen LogP contribution in [0.3, 0.4) is 0 Å². The summed E-state index contributed by atoms with van der Waals surface area (Å²) in [5.41, 5.74) is 1.13. The summed E-state index contributed by atoms with van der Waals surface area (Å²) in [5.74, 6) is 0. The third kappa shape index (κ3) is 13.5. The Balaban J connectivity index is 4.31. The van der Waals surface area contributed by atoms with Gasteiger partial charge < -0.3 is 8.85 Å². The van der Waals surface area contributed by atoms with Crippen molar-refractivity contribution in [1.82, 2.24) is 0 Å². The Morgan fingerprint density at radius 2 is 0.808 bits per heavy atom. The molecule has 158 valence electrons. The largest absolute Gasteiger partial charge is 0.421 e. The fourth-order valence-electron chi connectivity index (χ4n) is 3.00. The van der Waals surface area contributed by atoms with E-state index < -0.39 is 19.5 Å². The highest BCUT2D eigenvalue weighted by atomic mass is 28.2. The van der Waals surface area contributed by atoms with Crippen LogP contribution in [0.2, 0.25) is 12.1 Å². The van der Waals surface area contributed by atoms with E-state index in [0.717, 1.165) is 12.8 Å². The zero-order valence-electron chi connectivity index (χ0n) is 20.2. The second-order valence-corrected chi connectivity index (χ2v) is 15.6. The van der Waals surface area contributed by atoms with Crippen molar-refractivity contribution < 1.29 is 8.85 Å². The lowest BCUT2D eigenvalue weighted by Gasteiger charge is -2.36. The van der Waals surface area contributed by atoms with Gasteiger partial charge in [0.1, 0.15) is 0 Å². The fourth-order valence-corrected chi connectivity index (χ4v) is 6.77. The summed E-state index contributed by atoms with van der Waals surface area (Å²) in [5, 5.41) is 0. The third-order valence-electron chi connectivity index (χ3n) is 4.70. The van der Waals surface area contributed by atoms with Gasteiger partial charge in [0, 0.05) is 12.2 Å². The van der Waals surface area contributed by atoms with Crippen LogP contribution in [0.25, 0.3) is 0 Å². The molecular formula is C22H50O2Si2. The van der Waals surface area contributed by atoms with Crippen molar-refractivity contribution in [2.24, 2.45) is 21.7 Å². The maximum Gasteiger partial charge on any atom is 0.161 e. The molecule has 0 aliphatic carbocycles. The highest BCUT2D eigenvalue weighted by molar-refractivity contribution is 6.34. The van der Waals surface area contributed by atoms with Crippen LogP contribution in [0.5, 0.6) is 0 Å². The standard InChI is InChI=1S/C22H50O2Si2/c1-19(2,3)15-17(21(7,8)9)23-25-13-14-26-24-18(22(10,11)12)16-20(4,5)6/h17-18H,13-16,25-26H2,1-12H3. The van der Waals surface area contributed by atoms with E-state index in [0.29, 0.717) is 23.0 Å². The molecule has 2 atom stereocenters. The SMILES string of the molecule is CC(C)(C)CC(O[SiH2]CC[SiH2]OC(CC(C)(C)C)C(C)(C)C)C(C)(C)C. The fraction of sp³-hybridized carbons (Fsp3) is 1.00. The van der Waals surface area contributed by atoms with Gasteiger partial charge in [-0.15, -0.1) is 0 Å². The average Bonchev–Trinajstić information content (AvgIpc) is 2.34. The first kappa shape index (κ1) is 26.4. The summed E-state index contributed by atoms with van der Waals surface area (Å²) in [6, 6.07) is 2.55. The van der Waals surface area contributed by atoms with Crippen LogP contribution in [0.4, 0.5) is 0 Å². The molecule has 0 rings (SSSR count). The molecule has 0 saturated heterocycles. The second-order valence-electron chi connectivity index (χ2n) is 12.7. The smallest absolute Gasteiger partial charge is 0.161 e. The second kappa shape index (κ2) is 10.2. The summed E-state index contributed by atoms with van der Waals surface area (Å²) in [7, 11) is -0.886. The van der Waals surface area contributed by atoms with E-state index in [1.54, 1.807) is 0 Å². The molecule has 0 aromatic heterocycles. The van der Waals surface area contributed by atoms with Crippen LogP contribution >= 0.6 is 0 Å². The molecule has 0 amide bonds. The minimum Gasteiger partial charge on any atom is -0.421 e. The van der Waals surface area contributed by atoms with Crippen LogP contribution in [-0.2, 0) is 8.85 Å². The molecule has 2 unspecified atom stereocenters. The van der Waals surface area contributed by atoms with Crippen LogP contribution in [0.1, 0.15) is 95.9 Å². The van der Waals surface area contributed by atoms with Gasteiger partial charge in [-0.25, -0.2) is 0 Å². The van der Waals surface area contributed by atoms with Crippen LogP contribution in [-0.4, -0.2) is 31.7 Å². The maximum atomic E-state index is 6.44. The summed E-state index contributed by atoms with van der Waals surface area (Å²) in [4.78, 5) is 0. The summed E-state index contributed by atoms with van der Waals surface area (Å²) in [6.45, 7) is 27.8. The van der Waals surface area contributed by atoms with Crippen LogP contribution in [0.15, 0.2) is 0 Å². The number of rotatable bonds is 9. The quantitative estimate of drug-likeness (QED) is 0.362. The number of hydrogen-bond donors (Lipinski definition) is 0. The van der Waals surface area contributed by atoms with Crippen molar-refractivity contribution in [3.8, 4) is 0 Å². The lowest BCUT2D eigenvalue weighted by molar-refractivity contribution is 0.0507. The highest BCUT2D eigenvalue weighted by Gasteiger charge is 2.30. The van der Waals surface area contributed by atoms with E-state index in [-0.39, 0.29) is 10.8 Å². The molecule has 0 aromatic carbocycles. The first-order valence-corrected chi connectivity index (χ1v) is 13.8. The normalized spacial score (nSPS) is 17.5. The lowest BCUT2D eigenvalue weighted by atomic mass is 9.79. The maximum absolute atomic E-state index is 6.44. The molecule has 0 aliphatic rings. The Labute approximate surface area is 170 Å². The minimum atomic E-state index is -0.443. The van der Waals surface area contributed by atoms with Gasteiger partial charge in [-0.1, -0.05) is 83.1 Å². The van der Waals surface area contributed by atoms with Gasteiger partial charge in [-0.3, -0.25) is 0 Å². The molecule has 0 radical (unpaired) electrons. The third-order valence-corrected chi connectivity index (χ3v) is 8.56. The average molecular weight is 403 g/mol. The topological polar surface area (TPSA) is 18.5 Å². The predicted octanol–water partition coefficient (Wildman–Crippen LogP) is 5.73. The molecule has 0 aromatic rings. The minimum absolute atomic E-state index is 0.234. The zero-order valence-corrected chi connectivity index (χ0v) is 23.0. The Bertz CT molecular complexity index is 343. The van der Waals surface area contributed by atoms with Gasteiger partial charge in [0.15, 0.2) is 19.5 Å². The van der Waals surface area contributed by atoms with Crippen molar-refractivity contribution in [2.45, 2.75) is 120 Å². The molecule has 4 heteroatoms. The van der Waals surface area contributed by atoms with Gasteiger partial charge in [-0.2, -0.15) is 0 Å². The highest BCUT2D eigenvalue weighted by Crippen LogP contribution is 2.34. The van der Waals surface area contributed by atoms with E-state index >= 15 is 0 Å². The molecule has 0 heterocycles. The molecule has 0 bridgehead atoms. The molecule has 0 spiro atoms. The zero-order chi connectivity index (χ0) is 20.8. The molecule has 0 fully saturated rings. The molecule has 26 heavy (non-hydrogen) atoms. The monoisotopic (exact) mass is 402 g/mol. The van der Waals surface area contributed by atoms with Crippen molar-refractivity contribution in [2.75, 3.05) is 0 Å². The Morgan fingerprint density at radius 3 is 1.00 bits per heavy atom. The first-order valence-electron chi connectivity index (χ1n) is 10.6. The van der Waals surface area contributed by atoms with Crippen molar-refractivity contribution in [1.29, 1.82) is 0 Å². The summed E-state index contributed by atoms with van der Waals surface area (Å²) >= 11 is 0. The molecule has 0 saturated carbocycles. The molecular weight excluding hydrogens is 352 g/mol. The van der Waals surface area contributed by atoms with Gasteiger partial charge in [-0.05, 0) is 46.6 Å². The summed E-state index contributed by atoms with van der Waals surface area (Å²) in [6.07, 6.45) is 3.07. The van der Waals surface area contributed by atoms with Gasteiger partial charge in [0.25, 0.3) is 0 Å². The van der Waals surface area contributed by atoms with Crippen molar-refractivity contribution in [3.05, 3.63) is 0 Å². The molecule has 0 N–H and O–H groups in total. The van der Waals surface area contributed by atoms with Crippen molar-refractivity contribution in [3.63, 3.8) is 0 Å². The Morgan fingerprint density at radius 1 is 0.538 bits per heavy atom. The van der Waals surface area contributed by atoms with Gasteiger partial charge in [0.2, 0.25) is 0 Å². The Hall–Kier alpha value is 0.354. The van der Waals surface area contributed by atoms with Crippen LogP contribution in [0, 0.1) is 21.7 Å². The molecule has 2 nitrogen and oxygen atoms in total. The first-order chi connectivity index (χ1) is 11.4. The van der Waals surface area contributed by atoms with Crippen LogP contribution < -0.4 is 0 Å². The van der Waals surface area contributed by atoms with E-state index in [1.165, 1.54) is 12.1 Å². The molecule has 0 aliphatic heterocycles. The van der Waals surface area contributed by atoms with E-state index in [1.807, 2.05) is 0 Å². The lowest BCUT2D eigenvalue weighted by Crippen LogP contribution is -2.35. The van der Waals surface area contributed by atoms with Gasteiger partial charge >= 0.3 is 0 Å². The van der Waals surface area contributed by atoms with E-state index in [2.05, 4.69) is 83.1 Å².